The molecular formula is C12H13BrO2. The summed E-state index contributed by atoms with van der Waals surface area (Å²) in [4.78, 5) is 11.4. The van der Waals surface area contributed by atoms with Gasteiger partial charge in [0.25, 0.3) is 0 Å². The van der Waals surface area contributed by atoms with Gasteiger partial charge in [-0.3, -0.25) is 4.79 Å². The Morgan fingerprint density at radius 2 is 2.40 bits per heavy atom. The van der Waals surface area contributed by atoms with Crippen LogP contribution in [0, 0.1) is 5.92 Å². The highest BCUT2D eigenvalue weighted by Crippen LogP contribution is 2.48. The van der Waals surface area contributed by atoms with E-state index in [9.17, 15) is 4.79 Å². The molecule has 0 aromatic heterocycles. The fraction of sp³-hybridized carbons (Fsp3) is 0.417. The van der Waals surface area contributed by atoms with Crippen molar-refractivity contribution in [3.63, 3.8) is 0 Å². The standard InChI is InChI=1S/C12H13BrO2/c1-2-15-12(14)11-7-10(11)8-4-3-5-9(13)6-8/h3-6,10-11H,2,7H2,1H3/t10-,11-/m1/s1. The molecule has 0 heterocycles. The molecule has 80 valence electrons. The Labute approximate surface area is 97.8 Å². The Hall–Kier alpha value is -0.830. The largest absolute Gasteiger partial charge is 0.466 e. The molecule has 1 saturated carbocycles. The molecule has 0 radical (unpaired) electrons. The summed E-state index contributed by atoms with van der Waals surface area (Å²) < 4.78 is 6.06. The highest BCUT2D eigenvalue weighted by molar-refractivity contribution is 9.10. The number of rotatable bonds is 3. The second kappa shape index (κ2) is 4.35. The summed E-state index contributed by atoms with van der Waals surface area (Å²) in [6, 6.07) is 8.13. The van der Waals surface area contributed by atoms with Gasteiger partial charge in [0.15, 0.2) is 0 Å². The smallest absolute Gasteiger partial charge is 0.309 e. The third kappa shape index (κ3) is 2.40. The van der Waals surface area contributed by atoms with Crippen LogP contribution in [0.15, 0.2) is 28.7 Å². The summed E-state index contributed by atoms with van der Waals surface area (Å²) in [5.41, 5.74) is 1.22. The zero-order valence-corrected chi connectivity index (χ0v) is 10.2. The third-order valence-electron chi connectivity index (χ3n) is 2.66. The maximum absolute atomic E-state index is 11.4. The van der Waals surface area contributed by atoms with Gasteiger partial charge in [0.2, 0.25) is 0 Å². The van der Waals surface area contributed by atoms with E-state index in [1.165, 1.54) is 5.56 Å². The Kier molecular flexibility index (Phi) is 3.10. The van der Waals surface area contributed by atoms with Crippen LogP contribution in [-0.2, 0) is 9.53 Å². The Balaban J connectivity index is 2.01. The lowest BCUT2D eigenvalue weighted by Gasteiger charge is -2.01. The van der Waals surface area contributed by atoms with Gasteiger partial charge in [-0.2, -0.15) is 0 Å². The van der Waals surface area contributed by atoms with Crippen molar-refractivity contribution in [3.05, 3.63) is 34.3 Å². The number of hydrogen-bond donors (Lipinski definition) is 0. The molecular weight excluding hydrogens is 256 g/mol. The lowest BCUT2D eigenvalue weighted by atomic mass is 10.1. The van der Waals surface area contributed by atoms with E-state index in [4.69, 9.17) is 4.74 Å². The van der Waals surface area contributed by atoms with E-state index in [0.717, 1.165) is 10.9 Å². The summed E-state index contributed by atoms with van der Waals surface area (Å²) in [6.07, 6.45) is 0.926. The molecule has 0 unspecified atom stereocenters. The Morgan fingerprint density at radius 1 is 1.60 bits per heavy atom. The molecule has 0 N–H and O–H groups in total. The number of ether oxygens (including phenoxy) is 1. The molecule has 15 heavy (non-hydrogen) atoms. The molecule has 3 heteroatoms. The van der Waals surface area contributed by atoms with Gasteiger partial charge in [-0.25, -0.2) is 0 Å². The minimum absolute atomic E-state index is 0.0533. The van der Waals surface area contributed by atoms with Crippen molar-refractivity contribution in [1.82, 2.24) is 0 Å². The van der Waals surface area contributed by atoms with Crippen molar-refractivity contribution in [2.75, 3.05) is 6.61 Å². The van der Waals surface area contributed by atoms with E-state index in [1.54, 1.807) is 0 Å². The van der Waals surface area contributed by atoms with Crippen LogP contribution >= 0.6 is 15.9 Å². The third-order valence-corrected chi connectivity index (χ3v) is 3.15. The van der Waals surface area contributed by atoms with Crippen molar-refractivity contribution in [2.24, 2.45) is 5.92 Å². The average molecular weight is 269 g/mol. The highest BCUT2D eigenvalue weighted by atomic mass is 79.9. The first-order chi connectivity index (χ1) is 7.22. The van der Waals surface area contributed by atoms with Crippen molar-refractivity contribution in [1.29, 1.82) is 0 Å². The van der Waals surface area contributed by atoms with Gasteiger partial charge in [-0.1, -0.05) is 28.1 Å². The van der Waals surface area contributed by atoms with Crippen LogP contribution in [0.5, 0.6) is 0 Å². The Bertz CT molecular complexity index is 376. The molecule has 1 aliphatic rings. The van der Waals surface area contributed by atoms with E-state index in [-0.39, 0.29) is 11.9 Å². The summed E-state index contributed by atoms with van der Waals surface area (Å²) >= 11 is 3.43. The van der Waals surface area contributed by atoms with Crippen molar-refractivity contribution in [3.8, 4) is 0 Å². The quantitative estimate of drug-likeness (QED) is 0.788. The SMILES string of the molecule is CCOC(=O)[C@@H]1C[C@@H]1c1cccc(Br)c1. The molecule has 0 aliphatic heterocycles. The van der Waals surface area contributed by atoms with E-state index < -0.39 is 0 Å². The molecule has 1 aromatic carbocycles. The zero-order valence-electron chi connectivity index (χ0n) is 8.57. The summed E-state index contributed by atoms with van der Waals surface area (Å²) in [7, 11) is 0. The van der Waals surface area contributed by atoms with Crippen LogP contribution in [0.2, 0.25) is 0 Å². The number of carbonyl (C=O) groups is 1. The van der Waals surface area contributed by atoms with Gasteiger partial charge < -0.3 is 4.74 Å². The number of halogens is 1. The van der Waals surface area contributed by atoms with Gasteiger partial charge >= 0.3 is 5.97 Å². The topological polar surface area (TPSA) is 26.3 Å². The van der Waals surface area contributed by atoms with Gasteiger partial charge in [-0.15, -0.1) is 0 Å². The van der Waals surface area contributed by atoms with Crippen LogP contribution in [0.4, 0.5) is 0 Å². The van der Waals surface area contributed by atoms with E-state index >= 15 is 0 Å². The van der Waals surface area contributed by atoms with Gasteiger partial charge in [-0.05, 0) is 37.0 Å². The molecule has 2 atom stereocenters. The second-order valence-corrected chi connectivity index (χ2v) is 4.67. The first-order valence-electron chi connectivity index (χ1n) is 5.14. The minimum Gasteiger partial charge on any atom is -0.466 e. The van der Waals surface area contributed by atoms with Crippen molar-refractivity contribution in [2.45, 2.75) is 19.3 Å². The van der Waals surface area contributed by atoms with E-state index in [0.29, 0.717) is 12.5 Å². The fourth-order valence-corrected chi connectivity index (χ4v) is 2.23. The lowest BCUT2D eigenvalue weighted by Crippen LogP contribution is -2.07. The normalized spacial score (nSPS) is 23.6. The van der Waals surface area contributed by atoms with Crippen molar-refractivity contribution >= 4 is 21.9 Å². The maximum Gasteiger partial charge on any atom is 0.309 e. The second-order valence-electron chi connectivity index (χ2n) is 3.76. The van der Waals surface area contributed by atoms with Gasteiger partial charge in [0.05, 0.1) is 12.5 Å². The number of benzene rings is 1. The van der Waals surface area contributed by atoms with Crippen LogP contribution in [0.1, 0.15) is 24.8 Å². The van der Waals surface area contributed by atoms with Gasteiger partial charge in [0.1, 0.15) is 0 Å². The molecule has 2 nitrogen and oxygen atoms in total. The first kappa shape index (κ1) is 10.7. The maximum atomic E-state index is 11.4. The average Bonchev–Trinajstić information content (AvgIpc) is 2.97. The lowest BCUT2D eigenvalue weighted by molar-refractivity contribution is -0.144. The van der Waals surface area contributed by atoms with E-state index in [2.05, 4.69) is 28.1 Å². The van der Waals surface area contributed by atoms with Crippen LogP contribution in [0.25, 0.3) is 0 Å². The predicted octanol–water partition coefficient (Wildman–Crippen LogP) is 3.12. The molecule has 0 bridgehead atoms. The molecule has 0 amide bonds. The van der Waals surface area contributed by atoms with E-state index in [1.807, 2.05) is 19.1 Å². The summed E-state index contributed by atoms with van der Waals surface area (Å²) in [6.45, 7) is 2.31. The minimum atomic E-state index is -0.0533. The number of hydrogen-bond acceptors (Lipinski definition) is 2. The Morgan fingerprint density at radius 3 is 3.07 bits per heavy atom. The zero-order chi connectivity index (χ0) is 10.8. The monoisotopic (exact) mass is 268 g/mol. The van der Waals surface area contributed by atoms with Crippen molar-refractivity contribution < 1.29 is 9.53 Å². The number of carbonyl (C=O) groups excluding carboxylic acids is 1. The van der Waals surface area contributed by atoms with Crippen LogP contribution in [-0.4, -0.2) is 12.6 Å². The molecule has 1 fully saturated rings. The summed E-state index contributed by atoms with van der Waals surface area (Å²) in [5, 5.41) is 0. The molecule has 2 rings (SSSR count). The predicted molar refractivity (Wildman–Crippen MR) is 61.6 cm³/mol. The summed E-state index contributed by atoms with van der Waals surface area (Å²) in [5.74, 6) is 0.392. The molecule has 1 aliphatic carbocycles. The fourth-order valence-electron chi connectivity index (χ4n) is 1.81. The molecule has 1 aromatic rings. The molecule has 0 spiro atoms. The van der Waals surface area contributed by atoms with Crippen LogP contribution in [0.3, 0.4) is 0 Å². The number of esters is 1. The van der Waals surface area contributed by atoms with Crippen LogP contribution < -0.4 is 0 Å². The van der Waals surface area contributed by atoms with Gasteiger partial charge in [0, 0.05) is 4.47 Å². The molecule has 0 saturated heterocycles. The highest BCUT2D eigenvalue weighted by Gasteiger charge is 2.45. The first-order valence-corrected chi connectivity index (χ1v) is 5.93.